The van der Waals surface area contributed by atoms with Crippen molar-refractivity contribution in [3.63, 3.8) is 0 Å². The van der Waals surface area contributed by atoms with Crippen LogP contribution in [0.4, 0.5) is 5.82 Å². The van der Waals surface area contributed by atoms with Crippen LogP contribution in [-0.4, -0.2) is 55.2 Å². The molecule has 1 fully saturated rings. The summed E-state index contributed by atoms with van der Waals surface area (Å²) >= 11 is 0. The number of anilines is 1. The SMILES string of the molecule is CCOC(=O)CCN1CCN(c2ccccn2)CC1.Cl.Cl. The van der Waals surface area contributed by atoms with Crippen LogP contribution in [0.15, 0.2) is 24.4 Å². The molecule has 0 radical (unpaired) electrons. The molecule has 1 saturated heterocycles. The van der Waals surface area contributed by atoms with Gasteiger partial charge in [0.15, 0.2) is 0 Å². The summed E-state index contributed by atoms with van der Waals surface area (Å²) in [5, 5.41) is 0. The molecule has 7 heteroatoms. The Morgan fingerprint density at radius 3 is 2.52 bits per heavy atom. The zero-order valence-corrected chi connectivity index (χ0v) is 13.9. The Morgan fingerprint density at radius 1 is 1.24 bits per heavy atom. The molecule has 1 aromatic rings. The monoisotopic (exact) mass is 335 g/mol. The molecular weight excluding hydrogens is 313 g/mol. The molecule has 1 aromatic heterocycles. The van der Waals surface area contributed by atoms with E-state index in [1.54, 1.807) is 0 Å². The normalized spacial score (nSPS) is 14.8. The quantitative estimate of drug-likeness (QED) is 0.770. The van der Waals surface area contributed by atoms with Crippen LogP contribution in [0.1, 0.15) is 13.3 Å². The second kappa shape index (κ2) is 10.7. The van der Waals surface area contributed by atoms with Crippen LogP contribution in [0, 0.1) is 0 Å². The van der Waals surface area contributed by atoms with E-state index < -0.39 is 0 Å². The van der Waals surface area contributed by atoms with E-state index in [1.165, 1.54) is 0 Å². The van der Waals surface area contributed by atoms with Gasteiger partial charge in [0.1, 0.15) is 5.82 Å². The summed E-state index contributed by atoms with van der Waals surface area (Å²) in [6.07, 6.45) is 2.31. The fourth-order valence-corrected chi connectivity index (χ4v) is 2.22. The Balaban J connectivity index is 0.00000200. The van der Waals surface area contributed by atoms with E-state index in [0.29, 0.717) is 13.0 Å². The molecule has 0 aromatic carbocycles. The maximum Gasteiger partial charge on any atom is 0.307 e. The van der Waals surface area contributed by atoms with Crippen molar-refractivity contribution in [2.75, 3.05) is 44.2 Å². The first-order valence-electron chi connectivity index (χ1n) is 6.83. The minimum absolute atomic E-state index is 0. The highest BCUT2D eigenvalue weighted by molar-refractivity contribution is 5.85. The van der Waals surface area contributed by atoms with Crippen molar-refractivity contribution in [3.8, 4) is 0 Å². The molecule has 1 aliphatic rings. The molecule has 0 spiro atoms. The number of nitrogens with zero attached hydrogens (tertiary/aromatic N) is 3. The van der Waals surface area contributed by atoms with E-state index in [9.17, 15) is 4.79 Å². The van der Waals surface area contributed by atoms with E-state index in [2.05, 4.69) is 14.8 Å². The van der Waals surface area contributed by atoms with Gasteiger partial charge in [0.2, 0.25) is 0 Å². The lowest BCUT2D eigenvalue weighted by Gasteiger charge is -2.35. The number of carbonyl (C=O) groups is 1. The summed E-state index contributed by atoms with van der Waals surface area (Å²) < 4.78 is 4.94. The number of halogens is 2. The molecule has 21 heavy (non-hydrogen) atoms. The van der Waals surface area contributed by atoms with Gasteiger partial charge in [-0.1, -0.05) is 6.07 Å². The number of hydrogen-bond donors (Lipinski definition) is 0. The lowest BCUT2D eigenvalue weighted by molar-refractivity contribution is -0.143. The minimum Gasteiger partial charge on any atom is -0.466 e. The van der Waals surface area contributed by atoms with E-state index in [0.717, 1.165) is 38.5 Å². The van der Waals surface area contributed by atoms with Crippen LogP contribution < -0.4 is 4.90 Å². The Morgan fingerprint density at radius 2 is 1.95 bits per heavy atom. The number of ether oxygens (including phenoxy) is 1. The van der Waals surface area contributed by atoms with Crippen molar-refractivity contribution >= 4 is 36.6 Å². The zero-order chi connectivity index (χ0) is 13.5. The van der Waals surface area contributed by atoms with Gasteiger partial charge in [0.05, 0.1) is 13.0 Å². The molecule has 120 valence electrons. The average Bonchev–Trinajstić information content (AvgIpc) is 2.47. The van der Waals surface area contributed by atoms with Crippen molar-refractivity contribution in [2.45, 2.75) is 13.3 Å². The summed E-state index contributed by atoms with van der Waals surface area (Å²) in [7, 11) is 0. The van der Waals surface area contributed by atoms with Crippen LogP contribution in [0.25, 0.3) is 0 Å². The Labute approximate surface area is 138 Å². The predicted octanol–water partition coefficient (Wildman–Crippen LogP) is 2.00. The molecule has 0 N–H and O–H groups in total. The molecule has 0 saturated carbocycles. The molecule has 1 aliphatic heterocycles. The molecule has 2 rings (SSSR count). The number of rotatable bonds is 5. The molecule has 0 bridgehead atoms. The lowest BCUT2D eigenvalue weighted by Crippen LogP contribution is -2.47. The van der Waals surface area contributed by atoms with Gasteiger partial charge < -0.3 is 9.64 Å². The van der Waals surface area contributed by atoms with Crippen molar-refractivity contribution in [1.29, 1.82) is 0 Å². The largest absolute Gasteiger partial charge is 0.466 e. The summed E-state index contributed by atoms with van der Waals surface area (Å²) in [6.45, 7) is 6.94. The van der Waals surface area contributed by atoms with Gasteiger partial charge in [-0.2, -0.15) is 0 Å². The minimum atomic E-state index is -0.102. The molecular formula is C14H23Cl2N3O2. The standard InChI is InChI=1S/C14H21N3O2.2ClH/c1-2-19-14(18)6-8-16-9-11-17(12-10-16)13-5-3-4-7-15-13;;/h3-5,7H,2,6,8-12H2,1H3;2*1H. The number of carbonyl (C=O) groups excluding carboxylic acids is 1. The first kappa shape index (κ1) is 20.0. The van der Waals surface area contributed by atoms with Crippen LogP contribution in [-0.2, 0) is 9.53 Å². The number of piperazine rings is 1. The fourth-order valence-electron chi connectivity index (χ4n) is 2.22. The van der Waals surface area contributed by atoms with Crippen LogP contribution >= 0.6 is 24.8 Å². The van der Waals surface area contributed by atoms with Crippen LogP contribution in [0.3, 0.4) is 0 Å². The number of pyridine rings is 1. The maximum atomic E-state index is 11.3. The van der Waals surface area contributed by atoms with Gasteiger partial charge >= 0.3 is 5.97 Å². The second-order valence-corrected chi connectivity index (χ2v) is 4.57. The summed E-state index contributed by atoms with van der Waals surface area (Å²) in [6, 6.07) is 5.98. The van der Waals surface area contributed by atoms with Crippen LogP contribution in [0.5, 0.6) is 0 Å². The van der Waals surface area contributed by atoms with Crippen molar-refractivity contribution in [1.82, 2.24) is 9.88 Å². The van der Waals surface area contributed by atoms with Crippen LogP contribution in [0.2, 0.25) is 0 Å². The lowest BCUT2D eigenvalue weighted by atomic mass is 10.3. The summed E-state index contributed by atoms with van der Waals surface area (Å²) in [5.74, 6) is 0.933. The Hall–Kier alpha value is -1.04. The van der Waals surface area contributed by atoms with Gasteiger partial charge in [-0.25, -0.2) is 4.98 Å². The third-order valence-electron chi connectivity index (χ3n) is 3.28. The fraction of sp³-hybridized carbons (Fsp3) is 0.571. The van der Waals surface area contributed by atoms with Crippen molar-refractivity contribution in [2.24, 2.45) is 0 Å². The van der Waals surface area contributed by atoms with E-state index in [-0.39, 0.29) is 30.8 Å². The van der Waals surface area contributed by atoms with E-state index >= 15 is 0 Å². The van der Waals surface area contributed by atoms with Crippen molar-refractivity contribution < 1.29 is 9.53 Å². The van der Waals surface area contributed by atoms with E-state index in [1.807, 2.05) is 31.3 Å². The zero-order valence-electron chi connectivity index (χ0n) is 12.2. The maximum absolute atomic E-state index is 11.3. The average molecular weight is 336 g/mol. The second-order valence-electron chi connectivity index (χ2n) is 4.57. The highest BCUT2D eigenvalue weighted by Crippen LogP contribution is 2.12. The predicted molar refractivity (Wildman–Crippen MR) is 88.6 cm³/mol. The Kier molecular flexibility index (Phi) is 10.1. The topological polar surface area (TPSA) is 45.7 Å². The van der Waals surface area contributed by atoms with Gasteiger partial charge in [-0.15, -0.1) is 24.8 Å². The first-order valence-corrected chi connectivity index (χ1v) is 6.83. The smallest absolute Gasteiger partial charge is 0.307 e. The molecule has 0 atom stereocenters. The highest BCUT2D eigenvalue weighted by Gasteiger charge is 2.18. The molecule has 0 amide bonds. The molecule has 5 nitrogen and oxygen atoms in total. The Bertz CT molecular complexity index is 398. The summed E-state index contributed by atoms with van der Waals surface area (Å²) in [4.78, 5) is 20.2. The third kappa shape index (κ3) is 6.50. The molecule has 0 unspecified atom stereocenters. The third-order valence-corrected chi connectivity index (χ3v) is 3.28. The first-order chi connectivity index (χ1) is 9.29. The van der Waals surface area contributed by atoms with Gasteiger partial charge in [-0.3, -0.25) is 9.69 Å². The van der Waals surface area contributed by atoms with Gasteiger partial charge in [-0.05, 0) is 19.1 Å². The van der Waals surface area contributed by atoms with E-state index in [4.69, 9.17) is 4.74 Å². The van der Waals surface area contributed by atoms with Gasteiger partial charge in [0.25, 0.3) is 0 Å². The van der Waals surface area contributed by atoms with Crippen molar-refractivity contribution in [3.05, 3.63) is 24.4 Å². The summed E-state index contributed by atoms with van der Waals surface area (Å²) in [5.41, 5.74) is 0. The number of hydrogen-bond acceptors (Lipinski definition) is 5. The number of aromatic nitrogens is 1. The van der Waals surface area contributed by atoms with Gasteiger partial charge in [0, 0.05) is 38.9 Å². The highest BCUT2D eigenvalue weighted by atomic mass is 35.5. The number of esters is 1. The molecule has 0 aliphatic carbocycles. The molecule has 2 heterocycles.